The number of benzene rings is 7. The summed E-state index contributed by atoms with van der Waals surface area (Å²) in [6, 6.07) is 58.9. The molecule has 0 bridgehead atoms. The normalized spacial score (nSPS) is 13.1. The van der Waals surface area contributed by atoms with Crippen LogP contribution in [0.15, 0.2) is 158 Å². The minimum absolute atomic E-state index is 0.0838. The van der Waals surface area contributed by atoms with Gasteiger partial charge in [-0.2, -0.15) is 0 Å². The van der Waals surface area contributed by atoms with Crippen LogP contribution in [0.3, 0.4) is 0 Å². The number of hydrogen-bond donors (Lipinski definition) is 0. The Morgan fingerprint density at radius 3 is 1.17 bits per heavy atom. The summed E-state index contributed by atoms with van der Waals surface area (Å²) in [5.41, 5.74) is 15.9. The van der Waals surface area contributed by atoms with E-state index in [4.69, 9.17) is 0 Å². The molecule has 0 radical (unpaired) electrons. The fourth-order valence-corrected chi connectivity index (χ4v) is 8.96. The fraction of sp³-hybridized carbons (Fsp3) is 0. The molecule has 210 valence electrons. The van der Waals surface area contributed by atoms with E-state index in [9.17, 15) is 0 Å². The topological polar surface area (TPSA) is 9.86 Å². The van der Waals surface area contributed by atoms with E-state index in [1.807, 2.05) is 0 Å². The lowest BCUT2D eigenvalue weighted by molar-refractivity contribution is 1.16. The molecule has 0 saturated carbocycles. The highest BCUT2D eigenvalue weighted by Crippen LogP contribution is 2.36. The molecule has 0 saturated heterocycles. The number of nitrogens with zero attached hydrogens (tertiary/aromatic N) is 2. The van der Waals surface area contributed by atoms with E-state index in [0.717, 1.165) is 0 Å². The van der Waals surface area contributed by atoms with Crippen LogP contribution in [0.25, 0.3) is 55.0 Å². The van der Waals surface area contributed by atoms with E-state index in [1.54, 1.807) is 0 Å². The van der Waals surface area contributed by atoms with Gasteiger partial charge in [0.15, 0.2) is 0 Å². The lowest BCUT2D eigenvalue weighted by Gasteiger charge is -2.35. The van der Waals surface area contributed by atoms with Crippen molar-refractivity contribution in [3.63, 3.8) is 0 Å². The largest absolute Gasteiger partial charge is 0.310 e. The van der Waals surface area contributed by atoms with Crippen LogP contribution < -0.4 is 32.8 Å². The number of hydrogen-bond acceptors (Lipinski definition) is 0. The molecule has 2 aliphatic heterocycles. The molecule has 2 aromatic heterocycles. The van der Waals surface area contributed by atoms with Crippen LogP contribution >= 0.6 is 0 Å². The van der Waals surface area contributed by atoms with Crippen molar-refractivity contribution >= 4 is 89.8 Å². The van der Waals surface area contributed by atoms with Gasteiger partial charge in [-0.05, 0) is 46.1 Å². The molecule has 0 N–H and O–H groups in total. The predicted octanol–water partition coefficient (Wildman–Crippen LogP) is 5.54. The second-order valence-corrected chi connectivity index (χ2v) is 12.8. The summed E-state index contributed by atoms with van der Waals surface area (Å²) in [4.78, 5) is 0. The monoisotopic (exact) mass is 580 g/mol. The maximum atomic E-state index is 2.56. The third kappa shape index (κ3) is 2.99. The molecule has 46 heavy (non-hydrogen) atoms. The number of para-hydroxylation sites is 4. The van der Waals surface area contributed by atoms with Crippen LogP contribution in [0.2, 0.25) is 0 Å². The fourth-order valence-electron chi connectivity index (χ4n) is 8.96. The summed E-state index contributed by atoms with van der Waals surface area (Å²) < 4.78 is 5.11. The standard InChI is InChI=1S/C42H26B2N2/c1-3-13-27(14-4-1)43-33-21-11-19-31-29-17-7-9-23-35(29)45(41(31)33)37-25-26-38-40(39(37)43)44(28-15-5-2-6-16-28)34-22-12-20-32-30-18-8-10-24-36(30)46(38)42(32)34/h1-26H. The zero-order valence-electron chi connectivity index (χ0n) is 25.1. The highest BCUT2D eigenvalue weighted by molar-refractivity contribution is 7.06. The van der Waals surface area contributed by atoms with Crippen LogP contribution in [0, 0.1) is 0 Å². The van der Waals surface area contributed by atoms with Gasteiger partial charge in [-0.15, -0.1) is 0 Å². The smallest absolute Gasteiger partial charge is 0.246 e. The Labute approximate surface area is 267 Å². The Kier molecular flexibility index (Phi) is 4.77. The Hall–Kier alpha value is -5.73. The summed E-state index contributed by atoms with van der Waals surface area (Å²) >= 11 is 0. The summed E-state index contributed by atoms with van der Waals surface area (Å²) in [5.74, 6) is 0. The van der Waals surface area contributed by atoms with Crippen molar-refractivity contribution in [2.45, 2.75) is 0 Å². The SMILES string of the molecule is c1ccc(B2c3c(ccc4c3B(c3ccccc3)c3cccc5c6ccccc6n-4c35)-n3c4ccccc4c4cccc2c43)cc1. The first-order valence-corrected chi connectivity index (χ1v) is 16.2. The Balaban J connectivity index is 1.38. The minimum Gasteiger partial charge on any atom is -0.310 e. The van der Waals surface area contributed by atoms with E-state index in [-0.39, 0.29) is 13.4 Å². The lowest BCUT2D eigenvalue weighted by Crippen LogP contribution is -2.68. The first-order chi connectivity index (χ1) is 22.9. The van der Waals surface area contributed by atoms with Gasteiger partial charge in [-0.3, -0.25) is 0 Å². The van der Waals surface area contributed by atoms with E-state index in [0.29, 0.717) is 0 Å². The van der Waals surface area contributed by atoms with Gasteiger partial charge in [0.2, 0.25) is 13.4 Å². The van der Waals surface area contributed by atoms with Crippen LogP contribution in [0.5, 0.6) is 0 Å². The highest BCUT2D eigenvalue weighted by atomic mass is 15.0. The average Bonchev–Trinajstić information content (AvgIpc) is 3.65. The van der Waals surface area contributed by atoms with Gasteiger partial charge in [-0.25, -0.2) is 0 Å². The average molecular weight is 580 g/mol. The summed E-state index contributed by atoms with van der Waals surface area (Å²) in [5, 5.41) is 5.25. The van der Waals surface area contributed by atoms with E-state index in [1.165, 1.54) is 87.8 Å². The molecule has 2 nitrogen and oxygen atoms in total. The quantitative estimate of drug-likeness (QED) is 0.238. The van der Waals surface area contributed by atoms with Crippen molar-refractivity contribution in [2.24, 2.45) is 0 Å². The molecule has 4 heteroatoms. The summed E-state index contributed by atoms with van der Waals surface area (Å²) in [6.45, 7) is 0.168. The second kappa shape index (κ2) is 8.93. The number of aromatic nitrogens is 2. The Morgan fingerprint density at radius 2 is 0.717 bits per heavy atom. The molecule has 0 spiro atoms. The van der Waals surface area contributed by atoms with Gasteiger partial charge in [-0.1, -0.05) is 144 Å². The third-order valence-corrected chi connectivity index (χ3v) is 10.6. The minimum atomic E-state index is 0.0838. The van der Waals surface area contributed by atoms with Crippen molar-refractivity contribution in [3.8, 4) is 11.4 Å². The Morgan fingerprint density at radius 1 is 0.326 bits per heavy atom. The second-order valence-electron chi connectivity index (χ2n) is 12.8. The first kappa shape index (κ1) is 24.6. The zero-order chi connectivity index (χ0) is 29.9. The summed E-state index contributed by atoms with van der Waals surface area (Å²) in [6.07, 6.45) is 0. The lowest BCUT2D eigenvalue weighted by atomic mass is 9.27. The third-order valence-electron chi connectivity index (χ3n) is 10.6. The summed E-state index contributed by atoms with van der Waals surface area (Å²) in [7, 11) is 0. The van der Waals surface area contributed by atoms with Crippen molar-refractivity contribution in [1.29, 1.82) is 0 Å². The molecule has 0 unspecified atom stereocenters. The van der Waals surface area contributed by atoms with Gasteiger partial charge < -0.3 is 9.13 Å². The molecular weight excluding hydrogens is 554 g/mol. The molecule has 11 rings (SSSR count). The molecule has 0 atom stereocenters. The van der Waals surface area contributed by atoms with E-state index < -0.39 is 0 Å². The number of fused-ring (bicyclic) bond motifs is 11. The molecule has 7 aromatic carbocycles. The van der Waals surface area contributed by atoms with Crippen LogP contribution in [-0.2, 0) is 0 Å². The van der Waals surface area contributed by atoms with Gasteiger partial charge >= 0.3 is 0 Å². The van der Waals surface area contributed by atoms with Gasteiger partial charge in [0, 0.05) is 44.0 Å². The van der Waals surface area contributed by atoms with Crippen molar-refractivity contribution in [1.82, 2.24) is 9.13 Å². The van der Waals surface area contributed by atoms with Gasteiger partial charge in [0.05, 0.1) is 11.0 Å². The predicted molar refractivity (Wildman–Crippen MR) is 197 cm³/mol. The molecule has 0 fully saturated rings. The molecule has 0 amide bonds. The van der Waals surface area contributed by atoms with E-state index >= 15 is 0 Å². The van der Waals surface area contributed by atoms with Crippen molar-refractivity contribution < 1.29 is 0 Å². The molecule has 2 aliphatic rings. The molecular formula is C42H26B2N2. The molecule has 0 aliphatic carbocycles. The first-order valence-electron chi connectivity index (χ1n) is 16.2. The molecule has 9 aromatic rings. The van der Waals surface area contributed by atoms with Crippen LogP contribution in [0.4, 0.5) is 0 Å². The maximum absolute atomic E-state index is 2.56. The van der Waals surface area contributed by atoms with Gasteiger partial charge in [0.25, 0.3) is 0 Å². The van der Waals surface area contributed by atoms with Crippen LogP contribution in [0.1, 0.15) is 0 Å². The van der Waals surface area contributed by atoms with Gasteiger partial charge in [0.1, 0.15) is 0 Å². The van der Waals surface area contributed by atoms with Crippen molar-refractivity contribution in [2.75, 3.05) is 0 Å². The Bertz CT molecular complexity index is 2520. The van der Waals surface area contributed by atoms with Crippen molar-refractivity contribution in [3.05, 3.63) is 158 Å². The van der Waals surface area contributed by atoms with E-state index in [2.05, 4.69) is 167 Å². The van der Waals surface area contributed by atoms with Crippen LogP contribution in [-0.4, -0.2) is 22.6 Å². The maximum Gasteiger partial charge on any atom is 0.246 e. The molecule has 4 heterocycles. The highest BCUT2D eigenvalue weighted by Gasteiger charge is 2.42. The number of rotatable bonds is 2. The zero-order valence-corrected chi connectivity index (χ0v) is 25.1.